The molecule has 128 valence electrons. The zero-order valence-corrected chi connectivity index (χ0v) is 14.9. The topological polar surface area (TPSA) is 53.4 Å². The molecule has 0 amide bonds. The van der Waals surface area contributed by atoms with E-state index in [0.29, 0.717) is 6.42 Å². The number of hydrogen-bond acceptors (Lipinski definition) is 4. The van der Waals surface area contributed by atoms with Gasteiger partial charge in [-0.05, 0) is 48.9 Å². The maximum atomic E-state index is 11.7. The van der Waals surface area contributed by atoms with Crippen LogP contribution < -0.4 is 0 Å². The van der Waals surface area contributed by atoms with Crippen molar-refractivity contribution in [2.24, 2.45) is 0 Å². The molecular formula is C20H20N2O2S. The third kappa shape index (κ3) is 3.05. The molecule has 4 rings (SSSR count). The fourth-order valence-electron chi connectivity index (χ4n) is 3.62. The molecular weight excluding hydrogens is 332 g/mol. The number of nitrogens with zero attached hydrogens (tertiary/aromatic N) is 2. The molecule has 1 aromatic carbocycles. The van der Waals surface area contributed by atoms with Crippen molar-refractivity contribution in [2.75, 3.05) is 6.54 Å². The van der Waals surface area contributed by atoms with Crippen LogP contribution in [0.5, 0.6) is 0 Å². The quantitative estimate of drug-likeness (QED) is 0.763. The molecule has 2 unspecified atom stereocenters. The molecule has 0 aliphatic carbocycles. The van der Waals surface area contributed by atoms with E-state index in [-0.39, 0.29) is 6.04 Å². The fraction of sp³-hybridized carbons (Fsp3) is 0.300. The average Bonchev–Trinajstić information content (AvgIpc) is 3.24. The molecule has 1 aliphatic rings. The van der Waals surface area contributed by atoms with Gasteiger partial charge in [0.15, 0.2) is 0 Å². The number of aromatic nitrogens is 1. The largest absolute Gasteiger partial charge is 0.480 e. The number of benzene rings is 1. The average molecular weight is 352 g/mol. The SMILES string of the molecule is Cc1ccc(C(c2cc3ccccc3s2)N2CCCC2C(=O)O)nc1. The Morgan fingerprint density at radius 3 is 2.88 bits per heavy atom. The van der Waals surface area contributed by atoms with Gasteiger partial charge < -0.3 is 5.11 Å². The zero-order valence-electron chi connectivity index (χ0n) is 14.1. The van der Waals surface area contributed by atoms with Gasteiger partial charge in [0.05, 0.1) is 11.7 Å². The first kappa shape index (κ1) is 16.2. The molecule has 1 saturated heterocycles. The van der Waals surface area contributed by atoms with Gasteiger partial charge in [-0.1, -0.05) is 24.3 Å². The van der Waals surface area contributed by atoms with Gasteiger partial charge in [-0.15, -0.1) is 11.3 Å². The van der Waals surface area contributed by atoms with Crippen molar-refractivity contribution in [1.29, 1.82) is 0 Å². The van der Waals surface area contributed by atoms with Gasteiger partial charge in [-0.3, -0.25) is 14.7 Å². The van der Waals surface area contributed by atoms with E-state index in [1.54, 1.807) is 11.3 Å². The number of carboxylic acids is 1. The van der Waals surface area contributed by atoms with Crippen molar-refractivity contribution in [3.05, 3.63) is 64.8 Å². The van der Waals surface area contributed by atoms with E-state index in [0.717, 1.165) is 29.1 Å². The van der Waals surface area contributed by atoms with Crippen molar-refractivity contribution >= 4 is 27.4 Å². The van der Waals surface area contributed by atoms with Gasteiger partial charge in [0.2, 0.25) is 0 Å². The lowest BCUT2D eigenvalue weighted by Gasteiger charge is -2.30. The summed E-state index contributed by atoms with van der Waals surface area (Å²) in [7, 11) is 0. The highest BCUT2D eigenvalue weighted by atomic mass is 32.1. The van der Waals surface area contributed by atoms with Crippen LogP contribution in [-0.4, -0.2) is 33.5 Å². The molecule has 2 aromatic heterocycles. The van der Waals surface area contributed by atoms with E-state index in [1.807, 2.05) is 31.3 Å². The van der Waals surface area contributed by atoms with E-state index in [1.165, 1.54) is 10.1 Å². The molecule has 3 aromatic rings. The van der Waals surface area contributed by atoms with E-state index < -0.39 is 12.0 Å². The van der Waals surface area contributed by atoms with Crippen LogP contribution in [0.3, 0.4) is 0 Å². The van der Waals surface area contributed by atoms with Crippen LogP contribution in [0.4, 0.5) is 0 Å². The van der Waals surface area contributed by atoms with Crippen LogP contribution in [0.1, 0.15) is 35.0 Å². The van der Waals surface area contributed by atoms with Crippen molar-refractivity contribution in [2.45, 2.75) is 31.8 Å². The summed E-state index contributed by atoms with van der Waals surface area (Å²) in [4.78, 5) is 19.6. The number of thiophene rings is 1. The standard InChI is InChI=1S/C20H20N2O2S/c1-13-8-9-15(21-12-13)19(22-10-4-6-16(22)20(23)24)18-11-14-5-2-3-7-17(14)25-18/h2-3,5,7-9,11-12,16,19H,4,6,10H2,1H3,(H,23,24). The lowest BCUT2D eigenvalue weighted by Crippen LogP contribution is -2.39. The summed E-state index contributed by atoms with van der Waals surface area (Å²) >= 11 is 1.73. The minimum atomic E-state index is -0.740. The first-order valence-corrected chi connectivity index (χ1v) is 9.35. The monoisotopic (exact) mass is 352 g/mol. The number of rotatable bonds is 4. The number of carbonyl (C=O) groups is 1. The molecule has 0 bridgehead atoms. The number of aryl methyl sites for hydroxylation is 1. The van der Waals surface area contributed by atoms with Crippen LogP contribution in [-0.2, 0) is 4.79 Å². The Bertz CT molecular complexity index is 870. The van der Waals surface area contributed by atoms with Crippen LogP contribution in [0.2, 0.25) is 0 Å². The Labute approximate surface area is 150 Å². The van der Waals surface area contributed by atoms with Gasteiger partial charge in [0, 0.05) is 22.3 Å². The smallest absolute Gasteiger partial charge is 0.320 e. The highest BCUT2D eigenvalue weighted by molar-refractivity contribution is 7.19. The lowest BCUT2D eigenvalue weighted by atomic mass is 10.1. The predicted octanol–water partition coefficient (Wildman–Crippen LogP) is 4.24. The Balaban J connectivity index is 1.83. The summed E-state index contributed by atoms with van der Waals surface area (Å²) in [6.07, 6.45) is 3.47. The molecule has 1 fully saturated rings. The molecule has 1 aliphatic heterocycles. The second kappa shape index (κ2) is 6.58. The maximum absolute atomic E-state index is 11.7. The molecule has 4 nitrogen and oxygen atoms in total. The van der Waals surface area contributed by atoms with Crippen molar-refractivity contribution in [3.63, 3.8) is 0 Å². The zero-order chi connectivity index (χ0) is 17.4. The number of fused-ring (bicyclic) bond motifs is 1. The summed E-state index contributed by atoms with van der Waals surface area (Å²) in [5.74, 6) is -0.740. The maximum Gasteiger partial charge on any atom is 0.320 e. The van der Waals surface area contributed by atoms with Crippen LogP contribution in [0.15, 0.2) is 48.7 Å². The highest BCUT2D eigenvalue weighted by Gasteiger charge is 2.38. The lowest BCUT2D eigenvalue weighted by molar-refractivity contribution is -0.142. The fourth-order valence-corrected chi connectivity index (χ4v) is 4.82. The highest BCUT2D eigenvalue weighted by Crippen LogP contribution is 2.39. The molecule has 0 radical (unpaired) electrons. The van der Waals surface area contributed by atoms with Gasteiger partial charge in [0.25, 0.3) is 0 Å². The Kier molecular flexibility index (Phi) is 4.27. The van der Waals surface area contributed by atoms with Crippen molar-refractivity contribution in [1.82, 2.24) is 9.88 Å². The molecule has 2 atom stereocenters. The Morgan fingerprint density at radius 1 is 1.32 bits per heavy atom. The van der Waals surface area contributed by atoms with E-state index in [9.17, 15) is 9.90 Å². The molecule has 0 spiro atoms. The number of likely N-dealkylation sites (tertiary alicyclic amines) is 1. The Hall–Kier alpha value is -2.24. The first-order chi connectivity index (χ1) is 12.1. The van der Waals surface area contributed by atoms with E-state index >= 15 is 0 Å². The second-order valence-electron chi connectivity index (χ2n) is 6.58. The number of pyridine rings is 1. The van der Waals surface area contributed by atoms with Gasteiger partial charge >= 0.3 is 5.97 Å². The molecule has 3 heterocycles. The molecule has 5 heteroatoms. The van der Waals surface area contributed by atoms with Crippen LogP contribution in [0, 0.1) is 6.92 Å². The number of aliphatic carboxylic acids is 1. The van der Waals surface area contributed by atoms with Crippen LogP contribution in [0.25, 0.3) is 10.1 Å². The summed E-state index contributed by atoms with van der Waals surface area (Å²) in [5, 5.41) is 10.9. The summed E-state index contributed by atoms with van der Waals surface area (Å²) in [6.45, 7) is 2.80. The van der Waals surface area contributed by atoms with Gasteiger partial charge in [-0.25, -0.2) is 0 Å². The van der Waals surface area contributed by atoms with E-state index in [4.69, 9.17) is 0 Å². The van der Waals surface area contributed by atoms with Gasteiger partial charge in [-0.2, -0.15) is 0 Å². The minimum absolute atomic E-state index is 0.110. The summed E-state index contributed by atoms with van der Waals surface area (Å²) in [6, 6.07) is 14.0. The van der Waals surface area contributed by atoms with Crippen molar-refractivity contribution in [3.8, 4) is 0 Å². The third-order valence-electron chi connectivity index (χ3n) is 4.84. The normalized spacial score (nSPS) is 19.3. The molecule has 25 heavy (non-hydrogen) atoms. The van der Waals surface area contributed by atoms with Crippen LogP contribution >= 0.6 is 11.3 Å². The number of carboxylic acid groups (broad SMARTS) is 1. The minimum Gasteiger partial charge on any atom is -0.480 e. The van der Waals surface area contributed by atoms with Crippen molar-refractivity contribution < 1.29 is 9.90 Å². The van der Waals surface area contributed by atoms with E-state index in [2.05, 4.69) is 34.1 Å². The third-order valence-corrected chi connectivity index (χ3v) is 6.01. The molecule has 1 N–H and O–H groups in total. The summed E-state index contributed by atoms with van der Waals surface area (Å²) in [5.41, 5.74) is 2.03. The Morgan fingerprint density at radius 2 is 2.16 bits per heavy atom. The first-order valence-electron chi connectivity index (χ1n) is 8.53. The number of hydrogen-bond donors (Lipinski definition) is 1. The second-order valence-corrected chi connectivity index (χ2v) is 7.70. The molecule has 0 saturated carbocycles. The van der Waals surface area contributed by atoms with Gasteiger partial charge in [0.1, 0.15) is 6.04 Å². The predicted molar refractivity (Wildman–Crippen MR) is 100 cm³/mol. The summed E-state index contributed by atoms with van der Waals surface area (Å²) < 4.78 is 1.22.